The number of hydrogen-bond donors (Lipinski definition) is 1. The molecule has 0 aliphatic rings. The van der Waals surface area contributed by atoms with Crippen LogP contribution in [0.3, 0.4) is 0 Å². The Morgan fingerprint density at radius 1 is 1.71 bits per heavy atom. The van der Waals surface area contributed by atoms with E-state index in [0.29, 0.717) is 13.0 Å². The van der Waals surface area contributed by atoms with Crippen LogP contribution in [0.5, 0.6) is 0 Å². The Morgan fingerprint density at radius 3 is 2.93 bits per heavy atom. The minimum absolute atomic E-state index is 0.267. The van der Waals surface area contributed by atoms with Gasteiger partial charge in [0, 0.05) is 32.4 Å². The van der Waals surface area contributed by atoms with Crippen LogP contribution in [-0.2, 0) is 18.4 Å². The number of imidazole rings is 1. The third kappa shape index (κ3) is 3.18. The average molecular weight is 196 g/mol. The zero-order chi connectivity index (χ0) is 10.6. The van der Waals surface area contributed by atoms with Gasteiger partial charge in [-0.15, -0.1) is 0 Å². The molecule has 0 unspecified atom stereocenters. The van der Waals surface area contributed by atoms with E-state index in [1.54, 1.807) is 6.20 Å². The standard InChI is InChI=1S/C9H16N4O/c1-12(5-3-8(10)14)7-9-11-4-6-13(9)2/h4,6H,3,5,7H2,1-2H3,(H2,10,14). The molecule has 2 N–H and O–H groups in total. The van der Waals surface area contributed by atoms with Crippen LogP contribution in [0.15, 0.2) is 12.4 Å². The third-order valence-corrected chi connectivity index (χ3v) is 2.07. The quantitative estimate of drug-likeness (QED) is 0.705. The summed E-state index contributed by atoms with van der Waals surface area (Å²) in [6.07, 6.45) is 4.05. The minimum atomic E-state index is -0.267. The number of hydrogen-bond acceptors (Lipinski definition) is 3. The second-order valence-electron chi connectivity index (χ2n) is 3.41. The van der Waals surface area contributed by atoms with E-state index in [1.807, 2.05) is 29.8 Å². The van der Waals surface area contributed by atoms with E-state index in [9.17, 15) is 4.79 Å². The Morgan fingerprint density at radius 2 is 2.43 bits per heavy atom. The van der Waals surface area contributed by atoms with Crippen molar-refractivity contribution in [3.8, 4) is 0 Å². The summed E-state index contributed by atoms with van der Waals surface area (Å²) in [6.45, 7) is 1.40. The summed E-state index contributed by atoms with van der Waals surface area (Å²) in [5, 5.41) is 0. The first-order valence-electron chi connectivity index (χ1n) is 4.52. The highest BCUT2D eigenvalue weighted by molar-refractivity contribution is 5.73. The lowest BCUT2D eigenvalue weighted by molar-refractivity contribution is -0.118. The summed E-state index contributed by atoms with van der Waals surface area (Å²) in [5.41, 5.74) is 5.06. The van der Waals surface area contributed by atoms with Gasteiger partial charge in [0.25, 0.3) is 0 Å². The highest BCUT2D eigenvalue weighted by Crippen LogP contribution is 1.99. The van der Waals surface area contributed by atoms with Crippen LogP contribution in [0.25, 0.3) is 0 Å². The topological polar surface area (TPSA) is 64.2 Å². The number of nitrogens with zero attached hydrogens (tertiary/aromatic N) is 3. The highest BCUT2D eigenvalue weighted by atomic mass is 16.1. The van der Waals surface area contributed by atoms with Crippen molar-refractivity contribution in [1.82, 2.24) is 14.5 Å². The van der Waals surface area contributed by atoms with Crippen molar-refractivity contribution in [2.45, 2.75) is 13.0 Å². The van der Waals surface area contributed by atoms with Gasteiger partial charge in [-0.05, 0) is 7.05 Å². The van der Waals surface area contributed by atoms with Gasteiger partial charge < -0.3 is 10.3 Å². The smallest absolute Gasteiger partial charge is 0.218 e. The van der Waals surface area contributed by atoms with Crippen LogP contribution < -0.4 is 5.73 Å². The second-order valence-corrected chi connectivity index (χ2v) is 3.41. The first-order valence-corrected chi connectivity index (χ1v) is 4.52. The molecule has 0 fully saturated rings. The number of carbonyl (C=O) groups is 1. The van der Waals surface area contributed by atoms with Crippen molar-refractivity contribution in [1.29, 1.82) is 0 Å². The maximum atomic E-state index is 10.5. The molecule has 1 heterocycles. The lowest BCUT2D eigenvalue weighted by Gasteiger charge is -2.14. The number of aromatic nitrogens is 2. The second kappa shape index (κ2) is 4.76. The van der Waals surface area contributed by atoms with Gasteiger partial charge in [-0.25, -0.2) is 4.98 Å². The molecular weight excluding hydrogens is 180 g/mol. The zero-order valence-corrected chi connectivity index (χ0v) is 8.60. The van der Waals surface area contributed by atoms with Crippen molar-refractivity contribution in [2.24, 2.45) is 12.8 Å². The Labute approximate surface area is 83.5 Å². The number of rotatable bonds is 5. The zero-order valence-electron chi connectivity index (χ0n) is 8.60. The summed E-state index contributed by atoms with van der Waals surface area (Å²) in [5.74, 6) is 0.716. The molecule has 0 spiro atoms. The van der Waals surface area contributed by atoms with E-state index in [2.05, 4.69) is 4.98 Å². The number of primary amides is 1. The van der Waals surface area contributed by atoms with Crippen LogP contribution in [0.1, 0.15) is 12.2 Å². The van der Waals surface area contributed by atoms with Crippen molar-refractivity contribution in [3.05, 3.63) is 18.2 Å². The number of aryl methyl sites for hydroxylation is 1. The predicted octanol–water partition coefficient (Wildman–Crippen LogP) is -0.273. The molecule has 0 aliphatic heterocycles. The van der Waals surface area contributed by atoms with Gasteiger partial charge >= 0.3 is 0 Å². The molecule has 0 atom stereocenters. The molecule has 0 saturated heterocycles. The van der Waals surface area contributed by atoms with Crippen LogP contribution >= 0.6 is 0 Å². The summed E-state index contributed by atoms with van der Waals surface area (Å²) >= 11 is 0. The average Bonchev–Trinajstić information content (AvgIpc) is 2.49. The fourth-order valence-corrected chi connectivity index (χ4v) is 1.17. The van der Waals surface area contributed by atoms with Crippen molar-refractivity contribution >= 4 is 5.91 Å². The molecule has 1 aromatic rings. The molecule has 1 amide bonds. The Hall–Kier alpha value is -1.36. The number of amides is 1. The van der Waals surface area contributed by atoms with E-state index in [1.165, 1.54) is 0 Å². The molecule has 0 aromatic carbocycles. The monoisotopic (exact) mass is 196 g/mol. The molecule has 1 rings (SSSR count). The molecule has 0 aliphatic carbocycles. The fraction of sp³-hybridized carbons (Fsp3) is 0.556. The Bertz CT molecular complexity index is 308. The van der Waals surface area contributed by atoms with Crippen LogP contribution in [-0.4, -0.2) is 34.0 Å². The molecular formula is C9H16N4O. The van der Waals surface area contributed by atoms with Gasteiger partial charge in [-0.2, -0.15) is 0 Å². The summed E-state index contributed by atoms with van der Waals surface area (Å²) in [4.78, 5) is 16.8. The summed E-state index contributed by atoms with van der Waals surface area (Å²) < 4.78 is 1.96. The first kappa shape index (κ1) is 10.7. The van der Waals surface area contributed by atoms with E-state index in [4.69, 9.17) is 5.73 Å². The molecule has 0 radical (unpaired) electrons. The molecule has 5 nitrogen and oxygen atoms in total. The Balaban J connectivity index is 2.37. The molecule has 14 heavy (non-hydrogen) atoms. The van der Waals surface area contributed by atoms with Gasteiger partial charge in [-0.3, -0.25) is 9.69 Å². The van der Waals surface area contributed by atoms with Gasteiger partial charge in [-0.1, -0.05) is 0 Å². The summed E-state index contributed by atoms with van der Waals surface area (Å²) in [6, 6.07) is 0. The predicted molar refractivity (Wildman–Crippen MR) is 53.4 cm³/mol. The minimum Gasteiger partial charge on any atom is -0.370 e. The van der Waals surface area contributed by atoms with E-state index in [0.717, 1.165) is 12.4 Å². The van der Waals surface area contributed by atoms with Crippen LogP contribution in [0.4, 0.5) is 0 Å². The van der Waals surface area contributed by atoms with Crippen molar-refractivity contribution < 1.29 is 4.79 Å². The van der Waals surface area contributed by atoms with Crippen LogP contribution in [0.2, 0.25) is 0 Å². The Kier molecular flexibility index (Phi) is 3.64. The SMILES string of the molecule is CN(CCC(N)=O)Cc1nccn1C. The van der Waals surface area contributed by atoms with Crippen molar-refractivity contribution in [3.63, 3.8) is 0 Å². The number of nitrogens with two attached hydrogens (primary N) is 1. The summed E-state index contributed by atoms with van der Waals surface area (Å²) in [7, 11) is 3.89. The number of carbonyl (C=O) groups excluding carboxylic acids is 1. The molecule has 78 valence electrons. The van der Waals surface area contributed by atoms with Gasteiger partial charge in [0.1, 0.15) is 5.82 Å². The lowest BCUT2D eigenvalue weighted by atomic mass is 10.4. The maximum Gasteiger partial charge on any atom is 0.218 e. The molecule has 0 bridgehead atoms. The normalized spacial score (nSPS) is 10.8. The van der Waals surface area contributed by atoms with Gasteiger partial charge in [0.15, 0.2) is 0 Å². The molecule has 1 aromatic heterocycles. The highest BCUT2D eigenvalue weighted by Gasteiger charge is 2.05. The third-order valence-electron chi connectivity index (χ3n) is 2.07. The van der Waals surface area contributed by atoms with Gasteiger partial charge in [0.2, 0.25) is 5.91 Å². The molecule has 0 saturated carbocycles. The molecule has 5 heteroatoms. The lowest BCUT2D eigenvalue weighted by Crippen LogP contribution is -2.25. The first-order chi connectivity index (χ1) is 6.59. The fourth-order valence-electron chi connectivity index (χ4n) is 1.17. The maximum absolute atomic E-state index is 10.5. The van der Waals surface area contributed by atoms with E-state index in [-0.39, 0.29) is 5.91 Å². The van der Waals surface area contributed by atoms with E-state index >= 15 is 0 Å². The van der Waals surface area contributed by atoms with Gasteiger partial charge in [0.05, 0.1) is 6.54 Å². The van der Waals surface area contributed by atoms with Crippen LogP contribution in [0, 0.1) is 0 Å². The van der Waals surface area contributed by atoms with E-state index < -0.39 is 0 Å². The van der Waals surface area contributed by atoms with Crippen molar-refractivity contribution in [2.75, 3.05) is 13.6 Å². The largest absolute Gasteiger partial charge is 0.370 e.